The Morgan fingerprint density at radius 3 is 2.28 bits per heavy atom. The number of carbonyl (C=O) groups excluding carboxylic acids is 2. The van der Waals surface area contributed by atoms with Crippen molar-refractivity contribution < 1.29 is 14.3 Å². The summed E-state index contributed by atoms with van der Waals surface area (Å²) in [6.45, 7) is 8.29. The normalized spacial score (nSPS) is 9.94. The van der Waals surface area contributed by atoms with Gasteiger partial charge in [0.05, 0.1) is 6.61 Å². The third-order valence-electron chi connectivity index (χ3n) is 2.69. The Labute approximate surface area is 110 Å². The van der Waals surface area contributed by atoms with Crippen molar-refractivity contribution in [1.29, 1.82) is 0 Å². The van der Waals surface area contributed by atoms with E-state index in [2.05, 4.69) is 5.32 Å². The Bertz CT molecular complexity index is 240. The Balaban J connectivity index is 3.45. The third-order valence-corrected chi connectivity index (χ3v) is 2.69. The molecule has 0 aliphatic rings. The maximum atomic E-state index is 11.6. The molecule has 1 N–H and O–H groups in total. The smallest absolute Gasteiger partial charge is 0.317 e. The summed E-state index contributed by atoms with van der Waals surface area (Å²) in [6.07, 6.45) is 3.11. The predicted octanol–water partition coefficient (Wildman–Crippen LogP) is 2.16. The summed E-state index contributed by atoms with van der Waals surface area (Å²) in [6, 6.07) is -0.00890. The summed E-state index contributed by atoms with van der Waals surface area (Å²) in [7, 11) is 0. The van der Waals surface area contributed by atoms with E-state index in [0.29, 0.717) is 19.6 Å². The fourth-order valence-electron chi connectivity index (χ4n) is 1.62. The van der Waals surface area contributed by atoms with Crippen LogP contribution >= 0.6 is 0 Å². The highest BCUT2D eigenvalue weighted by molar-refractivity contribution is 5.74. The molecular formula is C13H26N2O3. The summed E-state index contributed by atoms with van der Waals surface area (Å²) in [5, 5.41) is 2.87. The van der Waals surface area contributed by atoms with Crippen LogP contribution < -0.4 is 5.32 Å². The molecule has 0 aromatic heterocycles. The molecule has 5 heteroatoms. The average molecular weight is 258 g/mol. The first kappa shape index (κ1) is 16.7. The number of nitrogens with one attached hydrogen (secondary N) is 1. The molecule has 2 amide bonds. The van der Waals surface area contributed by atoms with E-state index < -0.39 is 0 Å². The quantitative estimate of drug-likeness (QED) is 0.509. The lowest BCUT2D eigenvalue weighted by molar-refractivity contribution is -0.143. The highest BCUT2D eigenvalue weighted by atomic mass is 16.5. The molecule has 0 spiro atoms. The molecular weight excluding hydrogens is 232 g/mol. The molecule has 0 heterocycles. The van der Waals surface area contributed by atoms with Crippen molar-refractivity contribution in [2.75, 3.05) is 26.2 Å². The van der Waals surface area contributed by atoms with Crippen molar-refractivity contribution in [3.05, 3.63) is 0 Å². The number of ether oxygens (including phenoxy) is 1. The fraction of sp³-hybridized carbons (Fsp3) is 0.846. The number of amides is 2. The maximum absolute atomic E-state index is 11.6. The Morgan fingerprint density at radius 2 is 1.72 bits per heavy atom. The first-order valence-corrected chi connectivity index (χ1v) is 6.84. The lowest BCUT2D eigenvalue weighted by Crippen LogP contribution is -2.40. The van der Waals surface area contributed by atoms with Gasteiger partial charge < -0.3 is 15.0 Å². The van der Waals surface area contributed by atoms with Gasteiger partial charge in [-0.25, -0.2) is 4.79 Å². The van der Waals surface area contributed by atoms with E-state index in [-0.39, 0.29) is 12.0 Å². The Hall–Kier alpha value is -1.26. The second kappa shape index (κ2) is 10.9. The molecule has 0 saturated carbocycles. The Kier molecular flexibility index (Phi) is 10.1. The maximum Gasteiger partial charge on any atom is 0.317 e. The van der Waals surface area contributed by atoms with Crippen molar-refractivity contribution in [2.45, 2.75) is 46.5 Å². The van der Waals surface area contributed by atoms with Gasteiger partial charge in [-0.1, -0.05) is 6.42 Å². The molecule has 106 valence electrons. The first-order valence-electron chi connectivity index (χ1n) is 6.84. The molecule has 5 nitrogen and oxygen atoms in total. The van der Waals surface area contributed by atoms with E-state index in [4.69, 9.17) is 4.74 Å². The van der Waals surface area contributed by atoms with Crippen LogP contribution in [0.2, 0.25) is 0 Å². The van der Waals surface area contributed by atoms with Gasteiger partial charge in [-0.2, -0.15) is 0 Å². The third kappa shape index (κ3) is 7.92. The monoisotopic (exact) mass is 258 g/mol. The molecule has 0 radical (unpaired) electrons. The van der Waals surface area contributed by atoms with E-state index in [1.165, 1.54) is 0 Å². The summed E-state index contributed by atoms with van der Waals surface area (Å²) in [5.41, 5.74) is 0. The van der Waals surface area contributed by atoms with Crippen LogP contribution in [0.15, 0.2) is 0 Å². The summed E-state index contributed by atoms with van der Waals surface area (Å²) in [4.78, 5) is 24.4. The van der Waals surface area contributed by atoms with Crippen LogP contribution in [0.3, 0.4) is 0 Å². The molecule has 0 rings (SSSR count). The van der Waals surface area contributed by atoms with Crippen LogP contribution in [0, 0.1) is 0 Å². The molecule has 0 saturated heterocycles. The van der Waals surface area contributed by atoms with Gasteiger partial charge in [0, 0.05) is 26.1 Å². The molecule has 0 aromatic rings. The standard InChI is InChI=1S/C13H26N2O3/c1-4-15(5-2)13(17)14-11-9-7-8-10-12(16)18-6-3/h4-11H2,1-3H3,(H,14,17). The molecule has 0 aliphatic heterocycles. The zero-order valence-electron chi connectivity index (χ0n) is 11.8. The number of esters is 1. The van der Waals surface area contributed by atoms with E-state index >= 15 is 0 Å². The van der Waals surface area contributed by atoms with Gasteiger partial charge in [0.1, 0.15) is 0 Å². The average Bonchev–Trinajstić information content (AvgIpc) is 2.35. The number of rotatable bonds is 9. The molecule has 0 fully saturated rings. The van der Waals surface area contributed by atoms with Crippen LogP contribution in [0.1, 0.15) is 46.5 Å². The Morgan fingerprint density at radius 1 is 1.06 bits per heavy atom. The first-order chi connectivity index (χ1) is 8.65. The number of unbranched alkanes of at least 4 members (excludes halogenated alkanes) is 2. The van der Waals surface area contributed by atoms with E-state index in [1.54, 1.807) is 11.8 Å². The van der Waals surface area contributed by atoms with Crippen LogP contribution in [-0.2, 0) is 9.53 Å². The highest BCUT2D eigenvalue weighted by Crippen LogP contribution is 2.01. The minimum atomic E-state index is -0.135. The molecule has 0 bridgehead atoms. The van der Waals surface area contributed by atoms with E-state index in [0.717, 1.165) is 32.4 Å². The molecule has 0 aliphatic carbocycles. The van der Waals surface area contributed by atoms with Crippen LogP contribution in [0.4, 0.5) is 4.79 Å². The van der Waals surface area contributed by atoms with Crippen LogP contribution in [0.5, 0.6) is 0 Å². The van der Waals surface area contributed by atoms with Crippen molar-refractivity contribution in [1.82, 2.24) is 10.2 Å². The predicted molar refractivity (Wildman–Crippen MR) is 71.4 cm³/mol. The van der Waals surface area contributed by atoms with Crippen LogP contribution in [-0.4, -0.2) is 43.1 Å². The van der Waals surface area contributed by atoms with Gasteiger partial charge >= 0.3 is 12.0 Å². The van der Waals surface area contributed by atoms with Crippen molar-refractivity contribution in [3.8, 4) is 0 Å². The second-order valence-electron chi connectivity index (χ2n) is 4.02. The van der Waals surface area contributed by atoms with Gasteiger partial charge in [0.2, 0.25) is 0 Å². The number of hydrogen-bond acceptors (Lipinski definition) is 3. The van der Waals surface area contributed by atoms with Gasteiger partial charge in [-0.3, -0.25) is 4.79 Å². The number of carbonyl (C=O) groups is 2. The molecule has 0 aromatic carbocycles. The molecule has 0 unspecified atom stereocenters. The van der Waals surface area contributed by atoms with Crippen molar-refractivity contribution >= 4 is 12.0 Å². The fourth-order valence-corrected chi connectivity index (χ4v) is 1.62. The SMILES string of the molecule is CCOC(=O)CCCCCNC(=O)N(CC)CC. The zero-order valence-corrected chi connectivity index (χ0v) is 11.8. The number of nitrogens with zero attached hydrogens (tertiary/aromatic N) is 1. The van der Waals surface area contributed by atoms with E-state index in [9.17, 15) is 9.59 Å². The van der Waals surface area contributed by atoms with E-state index in [1.807, 2.05) is 13.8 Å². The highest BCUT2D eigenvalue weighted by Gasteiger charge is 2.07. The second-order valence-corrected chi connectivity index (χ2v) is 4.02. The number of urea groups is 1. The summed E-state index contributed by atoms with van der Waals surface area (Å²) >= 11 is 0. The number of hydrogen-bond donors (Lipinski definition) is 1. The minimum absolute atomic E-state index is 0.00890. The van der Waals surface area contributed by atoms with Gasteiger partial charge in [0.15, 0.2) is 0 Å². The lowest BCUT2D eigenvalue weighted by atomic mass is 10.2. The minimum Gasteiger partial charge on any atom is -0.466 e. The molecule has 18 heavy (non-hydrogen) atoms. The van der Waals surface area contributed by atoms with Crippen LogP contribution in [0.25, 0.3) is 0 Å². The van der Waals surface area contributed by atoms with Gasteiger partial charge in [0.25, 0.3) is 0 Å². The largest absolute Gasteiger partial charge is 0.466 e. The zero-order chi connectivity index (χ0) is 13.8. The molecule has 0 atom stereocenters. The van der Waals surface area contributed by atoms with Crippen molar-refractivity contribution in [3.63, 3.8) is 0 Å². The topological polar surface area (TPSA) is 58.6 Å². The summed E-state index contributed by atoms with van der Waals surface area (Å²) < 4.78 is 4.83. The lowest BCUT2D eigenvalue weighted by Gasteiger charge is -2.19. The van der Waals surface area contributed by atoms with Gasteiger partial charge in [-0.15, -0.1) is 0 Å². The summed E-state index contributed by atoms with van der Waals surface area (Å²) in [5.74, 6) is -0.135. The van der Waals surface area contributed by atoms with Crippen molar-refractivity contribution in [2.24, 2.45) is 0 Å². The van der Waals surface area contributed by atoms with Gasteiger partial charge in [-0.05, 0) is 33.6 Å².